The fourth-order valence-electron chi connectivity index (χ4n) is 5.30. The highest BCUT2D eigenvalue weighted by molar-refractivity contribution is 7.23. The highest BCUT2D eigenvalue weighted by Gasteiger charge is 2.24. The summed E-state index contributed by atoms with van der Waals surface area (Å²) in [6, 6.07) is 10.4. The van der Waals surface area contributed by atoms with E-state index in [0.29, 0.717) is 49.2 Å². The lowest BCUT2D eigenvalue weighted by Gasteiger charge is -2.28. The summed E-state index contributed by atoms with van der Waals surface area (Å²) in [4.78, 5) is 31.9. The smallest absolute Gasteiger partial charge is 0.251 e. The molecule has 2 aromatic heterocycles. The standard InChI is InChI=1S/C28H29F2N5O2S/c29-19-6-10-34(11-7-19)9-1-8-31-27(37)18-3-5-25-26(13-18)38-28-33-24(16-35(25)28)21-4-2-17(12-22(21)30)23-14-20(36)15-32-23/h2-5,12-13,16,19,23,32H,1,6-11,14-15H2,(H,31,37). The van der Waals surface area contributed by atoms with Gasteiger partial charge in [0.1, 0.15) is 17.8 Å². The Hall–Kier alpha value is -3.21. The Morgan fingerprint density at radius 1 is 1.18 bits per heavy atom. The van der Waals surface area contributed by atoms with Crippen LogP contribution in [0.1, 0.15) is 47.6 Å². The maximum absolute atomic E-state index is 15.0. The largest absolute Gasteiger partial charge is 0.352 e. The number of carbonyl (C=O) groups excluding carboxylic acids is 2. The minimum atomic E-state index is -0.673. The molecule has 0 spiro atoms. The predicted molar refractivity (Wildman–Crippen MR) is 144 cm³/mol. The molecule has 38 heavy (non-hydrogen) atoms. The number of halogens is 2. The lowest BCUT2D eigenvalue weighted by Crippen LogP contribution is -2.36. The Kier molecular flexibility index (Phi) is 6.94. The molecule has 2 fully saturated rings. The van der Waals surface area contributed by atoms with E-state index in [1.807, 2.05) is 28.8 Å². The normalized spacial score (nSPS) is 19.1. The number of aromatic nitrogens is 2. The minimum Gasteiger partial charge on any atom is -0.352 e. The van der Waals surface area contributed by atoms with E-state index in [-0.39, 0.29) is 23.5 Å². The summed E-state index contributed by atoms with van der Waals surface area (Å²) < 4.78 is 31.1. The Morgan fingerprint density at radius 2 is 2.03 bits per heavy atom. The van der Waals surface area contributed by atoms with Gasteiger partial charge in [0.15, 0.2) is 4.96 Å². The van der Waals surface area contributed by atoms with Crippen LogP contribution in [-0.2, 0) is 4.79 Å². The van der Waals surface area contributed by atoms with Crippen molar-refractivity contribution in [3.05, 3.63) is 59.5 Å². The van der Waals surface area contributed by atoms with E-state index in [1.165, 1.54) is 17.4 Å². The summed E-state index contributed by atoms with van der Waals surface area (Å²) in [6.45, 7) is 3.32. The van der Waals surface area contributed by atoms with Crippen molar-refractivity contribution < 1.29 is 18.4 Å². The Balaban J connectivity index is 1.12. The number of nitrogens with one attached hydrogen (secondary N) is 2. The number of thiazole rings is 1. The molecule has 0 radical (unpaired) electrons. The maximum atomic E-state index is 15.0. The highest BCUT2D eigenvalue weighted by Crippen LogP contribution is 2.32. The molecule has 10 heteroatoms. The number of likely N-dealkylation sites (tertiary alicyclic amines) is 1. The van der Waals surface area contributed by atoms with Crippen LogP contribution in [-0.4, -0.2) is 64.9 Å². The monoisotopic (exact) mass is 537 g/mol. The molecule has 2 aliphatic rings. The van der Waals surface area contributed by atoms with Gasteiger partial charge in [0.05, 0.1) is 22.5 Å². The number of carbonyl (C=O) groups is 2. The average Bonchev–Trinajstić information content (AvgIpc) is 3.61. The summed E-state index contributed by atoms with van der Waals surface area (Å²) >= 11 is 1.45. The van der Waals surface area contributed by atoms with Crippen molar-refractivity contribution in [1.29, 1.82) is 0 Å². The Labute approximate surface area is 222 Å². The number of hydrogen-bond donors (Lipinski definition) is 2. The third-order valence-electron chi connectivity index (χ3n) is 7.46. The van der Waals surface area contributed by atoms with Crippen LogP contribution in [0, 0.1) is 5.82 Å². The highest BCUT2D eigenvalue weighted by atomic mass is 32.1. The van der Waals surface area contributed by atoms with Crippen LogP contribution in [0.3, 0.4) is 0 Å². The number of amides is 1. The van der Waals surface area contributed by atoms with E-state index >= 15 is 4.39 Å². The zero-order chi connectivity index (χ0) is 26.2. The first-order valence-corrected chi connectivity index (χ1v) is 13.9. The molecule has 0 saturated carbocycles. The summed E-state index contributed by atoms with van der Waals surface area (Å²) in [5.41, 5.74) is 3.20. The number of ketones is 1. The van der Waals surface area contributed by atoms with Gasteiger partial charge >= 0.3 is 0 Å². The minimum absolute atomic E-state index is 0.123. The van der Waals surface area contributed by atoms with Crippen LogP contribution >= 0.6 is 11.3 Å². The van der Waals surface area contributed by atoms with Crippen molar-refractivity contribution >= 4 is 38.2 Å². The number of benzene rings is 2. The van der Waals surface area contributed by atoms with E-state index < -0.39 is 6.17 Å². The molecule has 198 valence electrons. The van der Waals surface area contributed by atoms with Crippen molar-refractivity contribution in [2.45, 2.75) is 37.9 Å². The first-order chi connectivity index (χ1) is 18.4. The quantitative estimate of drug-likeness (QED) is 0.339. The van der Waals surface area contributed by atoms with Gasteiger partial charge in [-0.15, -0.1) is 0 Å². The number of rotatable bonds is 7. The molecule has 1 unspecified atom stereocenters. The van der Waals surface area contributed by atoms with Gasteiger partial charge in [-0.1, -0.05) is 17.4 Å². The van der Waals surface area contributed by atoms with Gasteiger partial charge in [0.2, 0.25) is 0 Å². The van der Waals surface area contributed by atoms with Crippen molar-refractivity contribution in [1.82, 2.24) is 24.9 Å². The zero-order valence-corrected chi connectivity index (χ0v) is 21.7. The number of piperidine rings is 1. The van der Waals surface area contributed by atoms with Gasteiger partial charge in [-0.25, -0.2) is 13.8 Å². The van der Waals surface area contributed by atoms with E-state index in [4.69, 9.17) is 0 Å². The molecule has 2 aromatic carbocycles. The average molecular weight is 538 g/mol. The molecule has 6 rings (SSSR count). The molecule has 2 N–H and O–H groups in total. The van der Waals surface area contributed by atoms with Gasteiger partial charge in [0.25, 0.3) is 5.91 Å². The van der Waals surface area contributed by atoms with Gasteiger partial charge < -0.3 is 15.5 Å². The van der Waals surface area contributed by atoms with Crippen molar-refractivity contribution in [2.75, 3.05) is 32.7 Å². The summed E-state index contributed by atoms with van der Waals surface area (Å²) in [6.07, 6.45) is 3.54. The maximum Gasteiger partial charge on any atom is 0.251 e. The van der Waals surface area contributed by atoms with Crippen LogP contribution < -0.4 is 10.6 Å². The van der Waals surface area contributed by atoms with E-state index in [1.54, 1.807) is 12.1 Å². The van der Waals surface area contributed by atoms with Crippen molar-refractivity contribution in [3.8, 4) is 11.3 Å². The summed E-state index contributed by atoms with van der Waals surface area (Å²) in [5, 5.41) is 6.09. The third-order valence-corrected chi connectivity index (χ3v) is 8.48. The van der Waals surface area contributed by atoms with Gasteiger partial charge in [-0.3, -0.25) is 14.0 Å². The molecule has 1 atom stereocenters. The third kappa shape index (κ3) is 5.08. The lowest BCUT2D eigenvalue weighted by atomic mass is 10.0. The molecule has 4 heterocycles. The molecular weight excluding hydrogens is 508 g/mol. The number of Topliss-reactive ketones (excluding diaryl/α,β-unsaturated/α-hetero) is 1. The number of alkyl halides is 1. The molecule has 0 bridgehead atoms. The molecule has 2 aliphatic heterocycles. The second-order valence-electron chi connectivity index (χ2n) is 10.1. The summed E-state index contributed by atoms with van der Waals surface area (Å²) in [7, 11) is 0. The first kappa shape index (κ1) is 25.1. The molecule has 4 aromatic rings. The molecular formula is C28H29F2N5O2S. The summed E-state index contributed by atoms with van der Waals surface area (Å²) in [5.74, 6) is -0.362. The van der Waals surface area contributed by atoms with E-state index in [0.717, 1.165) is 46.8 Å². The molecule has 2 saturated heterocycles. The predicted octanol–water partition coefficient (Wildman–Crippen LogP) is 4.51. The Bertz CT molecular complexity index is 1510. The number of nitrogens with zero attached hydrogens (tertiary/aromatic N) is 3. The fraction of sp³-hybridized carbons (Fsp3) is 0.393. The van der Waals surface area contributed by atoms with Gasteiger partial charge in [-0.2, -0.15) is 0 Å². The topological polar surface area (TPSA) is 78.7 Å². The molecule has 1 amide bonds. The van der Waals surface area contributed by atoms with E-state index in [9.17, 15) is 14.0 Å². The number of imidazole rings is 1. The van der Waals surface area contributed by atoms with Gasteiger partial charge in [-0.05, 0) is 61.7 Å². The van der Waals surface area contributed by atoms with Crippen LogP contribution in [0.25, 0.3) is 26.4 Å². The first-order valence-electron chi connectivity index (χ1n) is 13.1. The van der Waals surface area contributed by atoms with Crippen LogP contribution in [0.2, 0.25) is 0 Å². The number of fused-ring (bicyclic) bond motifs is 3. The van der Waals surface area contributed by atoms with Gasteiger partial charge in [0, 0.05) is 49.4 Å². The van der Waals surface area contributed by atoms with Crippen LogP contribution in [0.4, 0.5) is 8.78 Å². The zero-order valence-electron chi connectivity index (χ0n) is 20.9. The van der Waals surface area contributed by atoms with Crippen molar-refractivity contribution in [3.63, 3.8) is 0 Å². The van der Waals surface area contributed by atoms with Crippen molar-refractivity contribution in [2.24, 2.45) is 0 Å². The van der Waals surface area contributed by atoms with Crippen LogP contribution in [0.5, 0.6) is 0 Å². The SMILES string of the molecule is O=C1CNC(c2ccc(-c3cn4c(n3)sc3cc(C(=O)NCCCN5CCC(F)CC5)ccc34)c(F)c2)C1. The fourth-order valence-corrected chi connectivity index (χ4v) is 6.35. The second kappa shape index (κ2) is 10.5. The lowest BCUT2D eigenvalue weighted by molar-refractivity contribution is -0.116. The molecule has 7 nitrogen and oxygen atoms in total. The second-order valence-corrected chi connectivity index (χ2v) is 11.1. The Morgan fingerprint density at radius 3 is 2.79 bits per heavy atom. The number of hydrogen-bond acceptors (Lipinski definition) is 6. The van der Waals surface area contributed by atoms with E-state index in [2.05, 4.69) is 20.5 Å². The van der Waals surface area contributed by atoms with Crippen LogP contribution in [0.15, 0.2) is 42.6 Å². The molecule has 0 aliphatic carbocycles.